The molecule has 0 amide bonds. The fourth-order valence-corrected chi connectivity index (χ4v) is 2.74. The van der Waals surface area contributed by atoms with Crippen molar-refractivity contribution in [1.82, 2.24) is 5.43 Å². The first-order chi connectivity index (χ1) is 8.38. The largest absolute Gasteiger partial charge is 0.493 e. The third-order valence-electron chi connectivity index (χ3n) is 4.02. The Morgan fingerprint density at radius 1 is 1.35 bits per heavy atom. The van der Waals surface area contributed by atoms with E-state index in [1.807, 2.05) is 12.1 Å². The van der Waals surface area contributed by atoms with E-state index in [1.54, 1.807) is 0 Å². The van der Waals surface area contributed by atoms with E-state index in [-0.39, 0.29) is 0 Å². The molecule has 1 fully saturated rings. The van der Waals surface area contributed by atoms with Gasteiger partial charge in [0.1, 0.15) is 5.75 Å². The molecule has 3 rings (SSSR count). The molecule has 2 aliphatic rings. The maximum absolute atomic E-state index is 5.72. The molecule has 17 heavy (non-hydrogen) atoms. The predicted octanol–water partition coefficient (Wildman–Crippen LogP) is 2.18. The van der Waals surface area contributed by atoms with Gasteiger partial charge in [-0.3, -0.25) is 11.3 Å². The molecule has 2 unspecified atom stereocenters. The zero-order chi connectivity index (χ0) is 11.7. The third-order valence-corrected chi connectivity index (χ3v) is 4.02. The molecular weight excluding hydrogens is 212 g/mol. The molecule has 2 atom stereocenters. The summed E-state index contributed by atoms with van der Waals surface area (Å²) in [6.07, 6.45) is 5.28. The fourth-order valence-electron chi connectivity index (χ4n) is 2.74. The summed E-state index contributed by atoms with van der Waals surface area (Å²) < 4.78 is 5.72. The summed E-state index contributed by atoms with van der Waals surface area (Å²) in [6.45, 7) is 0.763. The minimum atomic E-state index is 0.347. The Kier molecular flexibility index (Phi) is 3.04. The van der Waals surface area contributed by atoms with E-state index in [0.717, 1.165) is 24.7 Å². The van der Waals surface area contributed by atoms with E-state index in [9.17, 15) is 0 Å². The Labute approximate surface area is 102 Å². The number of hydrazine groups is 1. The number of fused-ring (bicyclic) bond motifs is 1. The van der Waals surface area contributed by atoms with E-state index >= 15 is 0 Å². The highest BCUT2D eigenvalue weighted by atomic mass is 16.5. The van der Waals surface area contributed by atoms with E-state index in [0.29, 0.717) is 12.0 Å². The van der Waals surface area contributed by atoms with Crippen molar-refractivity contribution in [3.63, 3.8) is 0 Å². The Morgan fingerprint density at radius 2 is 2.18 bits per heavy atom. The summed E-state index contributed by atoms with van der Waals surface area (Å²) in [5.41, 5.74) is 4.30. The highest BCUT2D eigenvalue weighted by Gasteiger charge is 2.32. The van der Waals surface area contributed by atoms with E-state index < -0.39 is 0 Å². The molecule has 0 bridgehead atoms. The lowest BCUT2D eigenvalue weighted by molar-refractivity contribution is 0.289. The summed E-state index contributed by atoms with van der Waals surface area (Å²) in [5, 5.41) is 0. The molecule has 1 aromatic rings. The molecule has 3 heteroatoms. The second-order valence-electron chi connectivity index (χ2n) is 5.25. The van der Waals surface area contributed by atoms with Crippen LogP contribution in [0.15, 0.2) is 24.3 Å². The van der Waals surface area contributed by atoms with E-state index in [4.69, 9.17) is 10.6 Å². The minimum Gasteiger partial charge on any atom is -0.493 e. The van der Waals surface area contributed by atoms with Crippen molar-refractivity contribution < 1.29 is 4.74 Å². The van der Waals surface area contributed by atoms with Gasteiger partial charge >= 0.3 is 0 Å². The Morgan fingerprint density at radius 3 is 2.94 bits per heavy atom. The van der Waals surface area contributed by atoms with Crippen molar-refractivity contribution >= 4 is 0 Å². The summed E-state index contributed by atoms with van der Waals surface area (Å²) >= 11 is 0. The van der Waals surface area contributed by atoms with E-state index in [2.05, 4.69) is 17.6 Å². The molecule has 0 saturated heterocycles. The number of nitrogens with one attached hydrogen (secondary N) is 1. The molecular formula is C14H20N2O. The molecule has 0 spiro atoms. The van der Waals surface area contributed by atoms with Crippen LogP contribution in [0.1, 0.15) is 37.2 Å². The van der Waals surface area contributed by atoms with Gasteiger partial charge in [0.25, 0.3) is 0 Å². The lowest BCUT2D eigenvalue weighted by Crippen LogP contribution is -2.40. The Bertz CT molecular complexity index is 390. The van der Waals surface area contributed by atoms with Gasteiger partial charge in [-0.05, 0) is 24.8 Å². The van der Waals surface area contributed by atoms with Gasteiger partial charge in [-0.1, -0.05) is 31.0 Å². The van der Waals surface area contributed by atoms with Gasteiger partial charge in [0.15, 0.2) is 0 Å². The Balaban J connectivity index is 1.69. The van der Waals surface area contributed by atoms with Crippen molar-refractivity contribution in [1.29, 1.82) is 0 Å². The summed E-state index contributed by atoms with van der Waals surface area (Å²) in [7, 11) is 0. The predicted molar refractivity (Wildman–Crippen MR) is 67.7 cm³/mol. The van der Waals surface area contributed by atoms with Gasteiger partial charge in [-0.15, -0.1) is 0 Å². The molecule has 3 nitrogen and oxygen atoms in total. The monoisotopic (exact) mass is 232 g/mol. The van der Waals surface area contributed by atoms with Crippen molar-refractivity contribution in [2.24, 2.45) is 11.8 Å². The molecule has 92 valence electrons. The molecule has 0 aromatic heterocycles. The fraction of sp³-hybridized carbons (Fsp3) is 0.571. The average Bonchev–Trinajstić information content (AvgIpc) is 3.10. The second kappa shape index (κ2) is 4.67. The SMILES string of the molecule is NNC(CCC1CC1)C1COc2ccccc21. The van der Waals surface area contributed by atoms with Gasteiger partial charge in [0.2, 0.25) is 0 Å². The molecule has 1 aromatic carbocycles. The lowest BCUT2D eigenvalue weighted by atomic mass is 9.90. The zero-order valence-electron chi connectivity index (χ0n) is 10.1. The van der Waals surface area contributed by atoms with Crippen LogP contribution < -0.4 is 16.0 Å². The number of ether oxygens (including phenoxy) is 1. The zero-order valence-corrected chi connectivity index (χ0v) is 10.1. The number of nitrogens with two attached hydrogens (primary N) is 1. The number of hydrogen-bond acceptors (Lipinski definition) is 3. The highest BCUT2D eigenvalue weighted by Crippen LogP contribution is 2.39. The molecule has 1 aliphatic carbocycles. The topological polar surface area (TPSA) is 47.3 Å². The van der Waals surface area contributed by atoms with E-state index in [1.165, 1.54) is 24.8 Å². The van der Waals surface area contributed by atoms with Crippen molar-refractivity contribution in [2.45, 2.75) is 37.6 Å². The van der Waals surface area contributed by atoms with Crippen LogP contribution in [-0.2, 0) is 0 Å². The standard InChI is InChI=1S/C14H20N2O/c15-16-13(8-7-10-5-6-10)12-9-17-14-4-2-1-3-11(12)14/h1-4,10,12-13,16H,5-9,15H2. The number of rotatable bonds is 5. The molecule has 1 saturated carbocycles. The first-order valence-electron chi connectivity index (χ1n) is 6.56. The van der Waals surface area contributed by atoms with Crippen molar-refractivity contribution in [2.75, 3.05) is 6.61 Å². The summed E-state index contributed by atoms with van der Waals surface area (Å²) in [4.78, 5) is 0. The maximum Gasteiger partial charge on any atom is 0.122 e. The van der Waals surface area contributed by atoms with Gasteiger partial charge in [-0.25, -0.2) is 0 Å². The summed E-state index contributed by atoms with van der Waals surface area (Å²) in [5.74, 6) is 8.12. The molecule has 3 N–H and O–H groups in total. The van der Waals surface area contributed by atoms with Crippen LogP contribution in [0.25, 0.3) is 0 Å². The van der Waals surface area contributed by atoms with Crippen LogP contribution in [0.3, 0.4) is 0 Å². The van der Waals surface area contributed by atoms with Crippen LogP contribution >= 0.6 is 0 Å². The molecule has 1 heterocycles. The van der Waals surface area contributed by atoms with Crippen molar-refractivity contribution in [3.05, 3.63) is 29.8 Å². The first-order valence-corrected chi connectivity index (χ1v) is 6.56. The number of benzene rings is 1. The minimum absolute atomic E-state index is 0.347. The molecule has 0 radical (unpaired) electrons. The maximum atomic E-state index is 5.72. The normalized spacial score (nSPS) is 24.2. The number of para-hydroxylation sites is 1. The third kappa shape index (κ3) is 2.31. The smallest absolute Gasteiger partial charge is 0.122 e. The Hall–Kier alpha value is -1.06. The van der Waals surface area contributed by atoms with Gasteiger partial charge in [0.05, 0.1) is 6.61 Å². The van der Waals surface area contributed by atoms with Gasteiger partial charge in [-0.2, -0.15) is 0 Å². The molecule has 1 aliphatic heterocycles. The van der Waals surface area contributed by atoms with Crippen LogP contribution in [0.4, 0.5) is 0 Å². The average molecular weight is 232 g/mol. The van der Waals surface area contributed by atoms with Gasteiger partial charge in [0, 0.05) is 17.5 Å². The van der Waals surface area contributed by atoms with Crippen LogP contribution in [0, 0.1) is 5.92 Å². The first kappa shape index (κ1) is 11.1. The highest BCUT2D eigenvalue weighted by molar-refractivity contribution is 5.40. The number of hydrogen-bond donors (Lipinski definition) is 2. The van der Waals surface area contributed by atoms with Crippen LogP contribution in [-0.4, -0.2) is 12.6 Å². The second-order valence-corrected chi connectivity index (χ2v) is 5.25. The van der Waals surface area contributed by atoms with Gasteiger partial charge < -0.3 is 4.74 Å². The summed E-state index contributed by atoms with van der Waals surface area (Å²) in [6, 6.07) is 8.66. The lowest BCUT2D eigenvalue weighted by Gasteiger charge is -2.21. The van der Waals surface area contributed by atoms with Crippen molar-refractivity contribution in [3.8, 4) is 5.75 Å². The van der Waals surface area contributed by atoms with Crippen LogP contribution in [0.2, 0.25) is 0 Å². The quantitative estimate of drug-likeness (QED) is 0.604. The van der Waals surface area contributed by atoms with Crippen LogP contribution in [0.5, 0.6) is 5.75 Å².